The van der Waals surface area contributed by atoms with E-state index in [9.17, 15) is 18.0 Å². The lowest BCUT2D eigenvalue weighted by Crippen LogP contribution is -2.58. The Morgan fingerprint density at radius 1 is 1.17 bits per heavy atom. The highest BCUT2D eigenvalue weighted by Gasteiger charge is 2.43. The van der Waals surface area contributed by atoms with Crippen molar-refractivity contribution in [2.45, 2.75) is 37.9 Å². The largest absolute Gasteiger partial charge is 0.391 e. The van der Waals surface area contributed by atoms with Crippen LogP contribution in [0.4, 0.5) is 13.2 Å². The van der Waals surface area contributed by atoms with Crippen LogP contribution in [0.3, 0.4) is 0 Å². The van der Waals surface area contributed by atoms with Gasteiger partial charge in [-0.05, 0) is 25.7 Å². The first kappa shape index (κ1) is 13.6. The van der Waals surface area contributed by atoms with E-state index in [-0.39, 0.29) is 30.7 Å². The van der Waals surface area contributed by atoms with Crippen molar-refractivity contribution in [1.29, 1.82) is 0 Å². The average molecular weight is 264 g/mol. The van der Waals surface area contributed by atoms with Gasteiger partial charge >= 0.3 is 6.18 Å². The lowest BCUT2D eigenvalue weighted by Gasteiger charge is -2.39. The normalized spacial score (nSPS) is 29.8. The van der Waals surface area contributed by atoms with E-state index >= 15 is 0 Å². The average Bonchev–Trinajstić information content (AvgIpc) is 2.24. The number of amides is 1. The van der Waals surface area contributed by atoms with Gasteiger partial charge in [-0.3, -0.25) is 4.79 Å². The summed E-state index contributed by atoms with van der Waals surface area (Å²) >= 11 is 0. The molecule has 1 saturated carbocycles. The third-order valence-electron chi connectivity index (χ3n) is 4.19. The van der Waals surface area contributed by atoms with Crippen LogP contribution in [0.2, 0.25) is 0 Å². The van der Waals surface area contributed by atoms with Gasteiger partial charge in [0, 0.05) is 26.1 Å². The minimum absolute atomic E-state index is 0.0159. The van der Waals surface area contributed by atoms with E-state index in [1.807, 2.05) is 0 Å². The number of nitrogens with zero attached hydrogens (tertiary/aromatic N) is 1. The number of alkyl halides is 3. The summed E-state index contributed by atoms with van der Waals surface area (Å²) < 4.78 is 37.5. The first-order valence-corrected chi connectivity index (χ1v) is 6.43. The fraction of sp³-hybridized carbons (Fsp3) is 0.917. The van der Waals surface area contributed by atoms with Gasteiger partial charge in [0.25, 0.3) is 0 Å². The van der Waals surface area contributed by atoms with Gasteiger partial charge in [-0.15, -0.1) is 0 Å². The van der Waals surface area contributed by atoms with Crippen molar-refractivity contribution < 1.29 is 18.0 Å². The maximum atomic E-state index is 12.5. The highest BCUT2D eigenvalue weighted by molar-refractivity contribution is 5.79. The zero-order valence-corrected chi connectivity index (χ0v) is 10.5. The molecule has 0 atom stereocenters. The summed E-state index contributed by atoms with van der Waals surface area (Å²) in [5.41, 5.74) is 0. The van der Waals surface area contributed by atoms with Crippen molar-refractivity contribution in [2.75, 3.05) is 20.1 Å². The first-order chi connectivity index (χ1) is 8.39. The molecule has 1 saturated heterocycles. The van der Waals surface area contributed by atoms with E-state index in [4.69, 9.17) is 0 Å². The molecule has 0 spiro atoms. The Labute approximate surface area is 105 Å². The molecule has 6 heteroatoms. The van der Waals surface area contributed by atoms with Crippen molar-refractivity contribution in [3.63, 3.8) is 0 Å². The van der Waals surface area contributed by atoms with Crippen LogP contribution in [0.1, 0.15) is 25.7 Å². The standard InChI is InChI=1S/C12H19F3N2O/c1-17(10-6-16-7-10)11(18)8-2-4-9(5-3-8)12(13,14)15/h8-10,16H,2-7H2,1H3. The second-order valence-electron chi connectivity index (χ2n) is 5.35. The molecule has 0 aromatic rings. The van der Waals surface area contributed by atoms with Crippen molar-refractivity contribution >= 4 is 5.91 Å². The van der Waals surface area contributed by atoms with Crippen LogP contribution in [0, 0.1) is 11.8 Å². The molecule has 0 bridgehead atoms. The predicted octanol–water partition coefficient (Wildman–Crippen LogP) is 1.79. The lowest BCUT2D eigenvalue weighted by molar-refractivity contribution is -0.185. The molecule has 2 fully saturated rings. The molecule has 1 N–H and O–H groups in total. The number of carbonyl (C=O) groups is 1. The smallest absolute Gasteiger partial charge is 0.340 e. The number of halogens is 3. The number of likely N-dealkylation sites (N-methyl/N-ethyl adjacent to an activating group) is 1. The molecule has 1 heterocycles. The molecule has 0 aromatic carbocycles. The predicted molar refractivity (Wildman–Crippen MR) is 60.9 cm³/mol. The third kappa shape index (κ3) is 2.79. The molecule has 2 aliphatic rings. The molecule has 104 valence electrons. The SMILES string of the molecule is CN(C(=O)C1CCC(C(F)(F)F)CC1)C1CNC1. The minimum Gasteiger partial charge on any atom is -0.340 e. The highest BCUT2D eigenvalue weighted by Crippen LogP contribution is 2.40. The first-order valence-electron chi connectivity index (χ1n) is 6.43. The Bertz CT molecular complexity index is 307. The third-order valence-corrected chi connectivity index (χ3v) is 4.19. The van der Waals surface area contributed by atoms with Gasteiger partial charge in [0.1, 0.15) is 0 Å². The molecular formula is C12H19F3N2O. The zero-order valence-electron chi connectivity index (χ0n) is 10.5. The van der Waals surface area contributed by atoms with E-state index < -0.39 is 12.1 Å². The van der Waals surface area contributed by atoms with Crippen LogP contribution in [-0.4, -0.2) is 43.2 Å². The Morgan fingerprint density at radius 2 is 1.72 bits per heavy atom. The molecule has 3 nitrogen and oxygen atoms in total. The Balaban J connectivity index is 1.83. The maximum absolute atomic E-state index is 12.5. The van der Waals surface area contributed by atoms with E-state index in [0.29, 0.717) is 12.8 Å². The van der Waals surface area contributed by atoms with E-state index in [2.05, 4.69) is 5.32 Å². The molecule has 0 aromatic heterocycles. The summed E-state index contributed by atoms with van der Waals surface area (Å²) in [5.74, 6) is -1.41. The summed E-state index contributed by atoms with van der Waals surface area (Å²) in [6.45, 7) is 1.58. The van der Waals surface area contributed by atoms with Crippen molar-refractivity contribution in [2.24, 2.45) is 11.8 Å². The minimum atomic E-state index is -4.10. The molecule has 1 amide bonds. The van der Waals surface area contributed by atoms with Crippen molar-refractivity contribution in [1.82, 2.24) is 10.2 Å². The quantitative estimate of drug-likeness (QED) is 0.824. The fourth-order valence-corrected chi connectivity index (χ4v) is 2.68. The van der Waals surface area contributed by atoms with Crippen LogP contribution < -0.4 is 5.32 Å². The lowest BCUT2D eigenvalue weighted by atomic mass is 9.81. The molecule has 0 unspecified atom stereocenters. The summed E-state index contributed by atoms with van der Waals surface area (Å²) in [5, 5.41) is 3.08. The summed E-state index contributed by atoms with van der Waals surface area (Å²) in [7, 11) is 1.75. The fourth-order valence-electron chi connectivity index (χ4n) is 2.68. The summed E-state index contributed by atoms with van der Waals surface area (Å²) in [4.78, 5) is 13.8. The Morgan fingerprint density at radius 3 is 2.11 bits per heavy atom. The Hall–Kier alpha value is -0.780. The second kappa shape index (κ2) is 5.07. The van der Waals surface area contributed by atoms with Gasteiger partial charge < -0.3 is 10.2 Å². The number of nitrogens with one attached hydrogen (secondary N) is 1. The zero-order chi connectivity index (χ0) is 13.3. The van der Waals surface area contributed by atoms with Crippen molar-refractivity contribution in [3.05, 3.63) is 0 Å². The van der Waals surface area contributed by atoms with Crippen LogP contribution >= 0.6 is 0 Å². The van der Waals surface area contributed by atoms with Crippen LogP contribution in [0.15, 0.2) is 0 Å². The Kier molecular flexibility index (Phi) is 3.84. The summed E-state index contributed by atoms with van der Waals surface area (Å²) in [6, 6.07) is 0.220. The van der Waals surface area contributed by atoms with Gasteiger partial charge in [-0.2, -0.15) is 13.2 Å². The van der Waals surface area contributed by atoms with E-state index in [0.717, 1.165) is 13.1 Å². The molecule has 1 aliphatic carbocycles. The number of rotatable bonds is 2. The van der Waals surface area contributed by atoms with Gasteiger partial charge in [-0.1, -0.05) is 0 Å². The molecule has 2 rings (SSSR count). The van der Waals surface area contributed by atoms with Gasteiger partial charge in [0.05, 0.1) is 12.0 Å². The van der Waals surface area contributed by atoms with E-state index in [1.165, 1.54) is 0 Å². The number of hydrogen-bond acceptors (Lipinski definition) is 2. The van der Waals surface area contributed by atoms with Crippen LogP contribution in [0.25, 0.3) is 0 Å². The van der Waals surface area contributed by atoms with Crippen LogP contribution in [-0.2, 0) is 4.79 Å². The topological polar surface area (TPSA) is 32.3 Å². The summed E-state index contributed by atoms with van der Waals surface area (Å²) in [6.07, 6.45) is -3.17. The molecule has 0 radical (unpaired) electrons. The molecule has 1 aliphatic heterocycles. The van der Waals surface area contributed by atoms with Gasteiger partial charge in [-0.25, -0.2) is 0 Å². The molecule has 18 heavy (non-hydrogen) atoms. The maximum Gasteiger partial charge on any atom is 0.391 e. The monoisotopic (exact) mass is 264 g/mol. The number of hydrogen-bond donors (Lipinski definition) is 1. The highest BCUT2D eigenvalue weighted by atomic mass is 19.4. The number of carbonyl (C=O) groups excluding carboxylic acids is 1. The molecular weight excluding hydrogens is 245 g/mol. The van der Waals surface area contributed by atoms with Gasteiger partial charge in [0.2, 0.25) is 5.91 Å². The van der Waals surface area contributed by atoms with Gasteiger partial charge in [0.15, 0.2) is 0 Å². The van der Waals surface area contributed by atoms with Crippen molar-refractivity contribution in [3.8, 4) is 0 Å². The van der Waals surface area contributed by atoms with Crippen LogP contribution in [0.5, 0.6) is 0 Å². The second-order valence-corrected chi connectivity index (χ2v) is 5.35. The van der Waals surface area contributed by atoms with E-state index in [1.54, 1.807) is 11.9 Å².